The van der Waals surface area contributed by atoms with Gasteiger partial charge in [-0.3, -0.25) is 9.69 Å². The maximum atomic E-state index is 13.2. The molecule has 8 nitrogen and oxygen atoms in total. The van der Waals surface area contributed by atoms with Crippen molar-refractivity contribution in [2.45, 2.75) is 27.3 Å². The van der Waals surface area contributed by atoms with Crippen LogP contribution in [0.25, 0.3) is 11.0 Å². The maximum Gasteiger partial charge on any atom is 0.254 e. The van der Waals surface area contributed by atoms with Crippen molar-refractivity contribution in [3.05, 3.63) is 23.0 Å². The smallest absolute Gasteiger partial charge is 0.254 e. The van der Waals surface area contributed by atoms with E-state index in [0.717, 1.165) is 22.4 Å². The largest absolute Gasteiger partial charge is 0.336 e. The van der Waals surface area contributed by atoms with Gasteiger partial charge in [-0.05, 0) is 26.8 Å². The highest BCUT2D eigenvalue weighted by Crippen LogP contribution is 2.24. The van der Waals surface area contributed by atoms with Gasteiger partial charge in [0.25, 0.3) is 5.91 Å². The molecule has 148 valence electrons. The molecule has 1 amide bonds. The highest BCUT2D eigenvalue weighted by atomic mass is 32.2. The van der Waals surface area contributed by atoms with Gasteiger partial charge in [0.1, 0.15) is 9.84 Å². The topological polar surface area (TPSA) is 88.4 Å². The van der Waals surface area contributed by atoms with Crippen LogP contribution >= 0.6 is 0 Å². The summed E-state index contributed by atoms with van der Waals surface area (Å²) in [5.74, 6) is 0.146. The van der Waals surface area contributed by atoms with E-state index in [1.54, 1.807) is 0 Å². The van der Waals surface area contributed by atoms with Crippen LogP contribution in [0.3, 0.4) is 0 Å². The number of carbonyl (C=O) groups excluding carboxylic acids is 1. The van der Waals surface area contributed by atoms with Crippen molar-refractivity contribution in [1.29, 1.82) is 0 Å². The zero-order valence-corrected chi connectivity index (χ0v) is 17.2. The molecule has 0 unspecified atom stereocenters. The molecule has 2 aromatic heterocycles. The number of sulfone groups is 1. The van der Waals surface area contributed by atoms with Crippen LogP contribution < -0.4 is 0 Å². The van der Waals surface area contributed by atoms with E-state index in [-0.39, 0.29) is 11.7 Å². The minimum absolute atomic E-state index is 0.00739. The first-order chi connectivity index (χ1) is 12.7. The summed E-state index contributed by atoms with van der Waals surface area (Å²) < 4.78 is 24.5. The van der Waals surface area contributed by atoms with Gasteiger partial charge >= 0.3 is 0 Å². The Morgan fingerprint density at radius 3 is 2.44 bits per heavy atom. The van der Waals surface area contributed by atoms with Crippen LogP contribution in [0.1, 0.15) is 28.7 Å². The van der Waals surface area contributed by atoms with Gasteiger partial charge in [-0.25, -0.2) is 18.1 Å². The van der Waals surface area contributed by atoms with Crippen molar-refractivity contribution in [3.63, 3.8) is 0 Å². The van der Waals surface area contributed by atoms with Gasteiger partial charge in [0.15, 0.2) is 5.65 Å². The van der Waals surface area contributed by atoms with E-state index >= 15 is 0 Å². The molecule has 1 fully saturated rings. The second-order valence-corrected chi connectivity index (χ2v) is 9.43. The molecule has 0 atom stereocenters. The molecule has 0 saturated carbocycles. The highest BCUT2D eigenvalue weighted by Gasteiger charge is 2.26. The fraction of sp³-hybridized carbons (Fsp3) is 0.611. The third-order valence-electron chi connectivity index (χ3n) is 4.97. The predicted octanol–water partition coefficient (Wildman–Crippen LogP) is 0.870. The number of hydrogen-bond acceptors (Lipinski definition) is 6. The fourth-order valence-corrected chi connectivity index (χ4v) is 4.10. The van der Waals surface area contributed by atoms with Gasteiger partial charge in [0.2, 0.25) is 0 Å². The van der Waals surface area contributed by atoms with Crippen LogP contribution in [0.5, 0.6) is 0 Å². The molecule has 27 heavy (non-hydrogen) atoms. The normalized spacial score (nSPS) is 16.2. The van der Waals surface area contributed by atoms with Gasteiger partial charge in [0, 0.05) is 51.2 Å². The molecule has 3 heterocycles. The summed E-state index contributed by atoms with van der Waals surface area (Å²) in [4.78, 5) is 21.7. The summed E-state index contributed by atoms with van der Waals surface area (Å²) in [5, 5.41) is 5.34. The third-order valence-corrected chi connectivity index (χ3v) is 5.90. The van der Waals surface area contributed by atoms with Gasteiger partial charge in [-0.15, -0.1) is 0 Å². The first-order valence-corrected chi connectivity index (χ1v) is 11.3. The van der Waals surface area contributed by atoms with E-state index in [0.29, 0.717) is 44.8 Å². The number of aromatic nitrogens is 3. The molecule has 1 aliphatic rings. The van der Waals surface area contributed by atoms with Crippen LogP contribution in [-0.2, 0) is 16.4 Å². The van der Waals surface area contributed by atoms with E-state index in [9.17, 15) is 13.2 Å². The molecule has 1 aliphatic heterocycles. The average Bonchev–Trinajstić information content (AvgIpc) is 2.94. The number of hydrogen-bond donors (Lipinski definition) is 0. The number of carbonyl (C=O) groups is 1. The van der Waals surface area contributed by atoms with Gasteiger partial charge in [-0.1, -0.05) is 0 Å². The Labute approximate surface area is 160 Å². The zero-order chi connectivity index (χ0) is 19.8. The van der Waals surface area contributed by atoms with Crippen molar-refractivity contribution in [3.8, 4) is 0 Å². The van der Waals surface area contributed by atoms with Gasteiger partial charge < -0.3 is 4.90 Å². The Kier molecular flexibility index (Phi) is 5.53. The maximum absolute atomic E-state index is 13.2. The van der Waals surface area contributed by atoms with E-state index in [1.165, 1.54) is 6.26 Å². The van der Waals surface area contributed by atoms with Crippen molar-refractivity contribution >= 4 is 26.8 Å². The quantitative estimate of drug-likeness (QED) is 0.749. The van der Waals surface area contributed by atoms with Crippen LogP contribution in [-0.4, -0.2) is 83.6 Å². The number of piperazine rings is 1. The lowest BCUT2D eigenvalue weighted by Gasteiger charge is -2.34. The lowest BCUT2D eigenvalue weighted by atomic mass is 10.1. The first kappa shape index (κ1) is 19.8. The Morgan fingerprint density at radius 2 is 1.85 bits per heavy atom. The molecule has 0 aliphatic carbocycles. The van der Waals surface area contributed by atoms with Crippen LogP contribution in [0.2, 0.25) is 0 Å². The second kappa shape index (κ2) is 7.55. The minimum atomic E-state index is -2.97. The summed E-state index contributed by atoms with van der Waals surface area (Å²) in [6.07, 6.45) is 1.25. The lowest BCUT2D eigenvalue weighted by Crippen LogP contribution is -2.49. The monoisotopic (exact) mass is 393 g/mol. The number of rotatable bonds is 5. The Morgan fingerprint density at radius 1 is 1.19 bits per heavy atom. The third kappa shape index (κ3) is 4.30. The van der Waals surface area contributed by atoms with E-state index in [1.807, 2.05) is 36.4 Å². The molecule has 9 heteroatoms. The number of pyridine rings is 1. The standard InChI is InChI=1S/C18H27N5O3S/c1-5-23-17-16(14(3)20-23)15(12-13(2)19-17)18(24)22-8-6-21(7-9-22)10-11-27(4,25)26/h12H,5-11H2,1-4H3. The van der Waals surface area contributed by atoms with Crippen molar-refractivity contribution in [1.82, 2.24) is 24.6 Å². The van der Waals surface area contributed by atoms with E-state index in [2.05, 4.69) is 15.0 Å². The van der Waals surface area contributed by atoms with E-state index < -0.39 is 9.84 Å². The SMILES string of the molecule is CCn1nc(C)c2c(C(=O)N3CCN(CCS(C)(=O)=O)CC3)cc(C)nc21. The summed E-state index contributed by atoms with van der Waals surface area (Å²) >= 11 is 0. The Bertz CT molecular complexity index is 959. The van der Waals surface area contributed by atoms with Gasteiger partial charge in [-0.2, -0.15) is 5.10 Å². The lowest BCUT2D eigenvalue weighted by molar-refractivity contribution is 0.0645. The number of nitrogens with zero attached hydrogens (tertiary/aromatic N) is 5. The van der Waals surface area contributed by atoms with E-state index in [4.69, 9.17) is 0 Å². The van der Waals surface area contributed by atoms with Crippen molar-refractivity contribution in [2.24, 2.45) is 0 Å². The number of aryl methyl sites for hydroxylation is 3. The zero-order valence-electron chi connectivity index (χ0n) is 16.4. The highest BCUT2D eigenvalue weighted by molar-refractivity contribution is 7.90. The molecule has 0 radical (unpaired) electrons. The number of fused-ring (bicyclic) bond motifs is 1. The predicted molar refractivity (Wildman–Crippen MR) is 105 cm³/mol. The average molecular weight is 394 g/mol. The molecule has 0 bridgehead atoms. The molecule has 0 spiro atoms. The first-order valence-electron chi connectivity index (χ1n) is 9.23. The fourth-order valence-electron chi connectivity index (χ4n) is 3.51. The minimum Gasteiger partial charge on any atom is -0.336 e. The summed E-state index contributed by atoms with van der Waals surface area (Å²) in [5.41, 5.74) is 3.02. The molecule has 2 aromatic rings. The molecular formula is C18H27N5O3S. The molecular weight excluding hydrogens is 366 g/mol. The molecule has 0 N–H and O–H groups in total. The summed E-state index contributed by atoms with van der Waals surface area (Å²) in [7, 11) is -2.97. The van der Waals surface area contributed by atoms with Crippen molar-refractivity contribution < 1.29 is 13.2 Å². The van der Waals surface area contributed by atoms with Crippen LogP contribution in [0.4, 0.5) is 0 Å². The van der Waals surface area contributed by atoms with Crippen LogP contribution in [0.15, 0.2) is 6.07 Å². The number of amides is 1. The van der Waals surface area contributed by atoms with Crippen molar-refractivity contribution in [2.75, 3.05) is 44.7 Å². The Hall–Kier alpha value is -2.00. The summed E-state index contributed by atoms with van der Waals surface area (Å²) in [6.45, 7) is 9.57. The van der Waals surface area contributed by atoms with Crippen LogP contribution in [0, 0.1) is 13.8 Å². The molecule has 1 saturated heterocycles. The Balaban J connectivity index is 1.78. The summed E-state index contributed by atoms with van der Waals surface area (Å²) in [6, 6.07) is 1.84. The van der Waals surface area contributed by atoms with Gasteiger partial charge in [0.05, 0.1) is 22.4 Å². The molecule has 0 aromatic carbocycles. The molecule has 3 rings (SSSR count). The second-order valence-electron chi connectivity index (χ2n) is 7.17.